The number of halogens is 3. The second kappa shape index (κ2) is 7.96. The van der Waals surface area contributed by atoms with Crippen LogP contribution in [0.2, 0.25) is 5.02 Å². The Bertz CT molecular complexity index is 1220. The normalized spacial score (nSPS) is 15.1. The van der Waals surface area contributed by atoms with Crippen LogP contribution >= 0.6 is 11.6 Å². The first-order chi connectivity index (χ1) is 14.7. The van der Waals surface area contributed by atoms with E-state index >= 15 is 4.39 Å². The van der Waals surface area contributed by atoms with Crippen LogP contribution in [0.4, 0.5) is 8.78 Å². The molecule has 2 N–H and O–H groups in total. The third-order valence-electron chi connectivity index (χ3n) is 6.15. The van der Waals surface area contributed by atoms with Crippen LogP contribution in [-0.4, -0.2) is 26.7 Å². The lowest BCUT2D eigenvalue weighted by Gasteiger charge is -2.28. The first-order valence-corrected chi connectivity index (χ1v) is 10.3. The lowest BCUT2D eigenvalue weighted by Crippen LogP contribution is -2.21. The number of benzene rings is 2. The van der Waals surface area contributed by atoms with Crippen molar-refractivity contribution in [2.75, 3.05) is 0 Å². The van der Waals surface area contributed by atoms with E-state index in [-0.39, 0.29) is 38.7 Å². The van der Waals surface area contributed by atoms with Crippen LogP contribution in [0, 0.1) is 24.5 Å². The predicted molar refractivity (Wildman–Crippen MR) is 112 cm³/mol. The SMILES string of the molecule is Cc1c([C@H](CC2CCC2)C(=O)O)c2c(F)c(O)ccc2n1C(=O)c1ccc(Cl)c(F)c1. The van der Waals surface area contributed by atoms with E-state index in [4.69, 9.17) is 11.6 Å². The maximum absolute atomic E-state index is 15.0. The molecule has 5 nitrogen and oxygen atoms in total. The lowest BCUT2D eigenvalue weighted by atomic mass is 9.76. The summed E-state index contributed by atoms with van der Waals surface area (Å²) in [7, 11) is 0. The molecule has 31 heavy (non-hydrogen) atoms. The summed E-state index contributed by atoms with van der Waals surface area (Å²) in [6, 6.07) is 6.04. The summed E-state index contributed by atoms with van der Waals surface area (Å²) in [6.45, 7) is 1.53. The van der Waals surface area contributed by atoms with Crippen molar-refractivity contribution in [2.24, 2.45) is 5.92 Å². The number of carboxylic acids is 1. The third kappa shape index (κ3) is 3.57. The van der Waals surface area contributed by atoms with Crippen LogP contribution in [0.5, 0.6) is 5.75 Å². The average molecular weight is 448 g/mol. The van der Waals surface area contributed by atoms with Crippen molar-refractivity contribution in [3.63, 3.8) is 0 Å². The summed E-state index contributed by atoms with van der Waals surface area (Å²) >= 11 is 5.71. The van der Waals surface area contributed by atoms with Gasteiger partial charge in [0.25, 0.3) is 5.91 Å². The first-order valence-electron chi connectivity index (χ1n) is 9.95. The van der Waals surface area contributed by atoms with Crippen molar-refractivity contribution >= 4 is 34.4 Å². The maximum Gasteiger partial charge on any atom is 0.311 e. The number of carboxylic acid groups (broad SMARTS) is 1. The van der Waals surface area contributed by atoms with Gasteiger partial charge < -0.3 is 10.2 Å². The molecule has 0 spiro atoms. The third-order valence-corrected chi connectivity index (χ3v) is 6.45. The Hall–Kier alpha value is -2.93. The molecule has 1 aliphatic carbocycles. The smallest absolute Gasteiger partial charge is 0.311 e. The van der Waals surface area contributed by atoms with E-state index in [1.165, 1.54) is 29.7 Å². The van der Waals surface area contributed by atoms with Gasteiger partial charge >= 0.3 is 5.97 Å². The van der Waals surface area contributed by atoms with Crippen molar-refractivity contribution in [1.29, 1.82) is 0 Å². The number of aromatic nitrogens is 1. The van der Waals surface area contributed by atoms with Crippen molar-refractivity contribution in [1.82, 2.24) is 4.57 Å². The minimum Gasteiger partial charge on any atom is -0.505 e. The second-order valence-electron chi connectivity index (χ2n) is 7.98. The summed E-state index contributed by atoms with van der Waals surface area (Å²) in [4.78, 5) is 25.4. The molecule has 0 radical (unpaired) electrons. The van der Waals surface area contributed by atoms with E-state index in [2.05, 4.69) is 0 Å². The van der Waals surface area contributed by atoms with Gasteiger partial charge in [-0.25, -0.2) is 8.78 Å². The monoisotopic (exact) mass is 447 g/mol. The Morgan fingerprint density at radius 2 is 1.94 bits per heavy atom. The Labute approximate surface area is 181 Å². The van der Waals surface area contributed by atoms with Crippen molar-refractivity contribution < 1.29 is 28.6 Å². The van der Waals surface area contributed by atoms with Crippen LogP contribution in [0.1, 0.15) is 53.2 Å². The number of aliphatic carboxylic acids is 1. The van der Waals surface area contributed by atoms with Gasteiger partial charge in [0.1, 0.15) is 5.82 Å². The highest BCUT2D eigenvalue weighted by Crippen LogP contribution is 2.42. The molecule has 1 heterocycles. The quantitative estimate of drug-likeness (QED) is 0.531. The summed E-state index contributed by atoms with van der Waals surface area (Å²) in [5, 5.41) is 19.6. The first kappa shape index (κ1) is 21.3. The molecular weight excluding hydrogens is 428 g/mol. The van der Waals surface area contributed by atoms with Gasteiger partial charge in [0, 0.05) is 16.6 Å². The fourth-order valence-corrected chi connectivity index (χ4v) is 4.45. The molecular formula is C23H20ClF2NO4. The predicted octanol–water partition coefficient (Wildman–Crippen LogP) is 5.63. The Morgan fingerprint density at radius 1 is 1.23 bits per heavy atom. The molecule has 1 atom stereocenters. The minimum absolute atomic E-state index is 0.0206. The molecule has 8 heteroatoms. The molecule has 1 fully saturated rings. The van der Waals surface area contributed by atoms with Crippen molar-refractivity contribution in [2.45, 2.75) is 38.5 Å². The zero-order chi connectivity index (χ0) is 22.4. The lowest BCUT2D eigenvalue weighted by molar-refractivity contribution is -0.139. The Morgan fingerprint density at radius 3 is 2.52 bits per heavy atom. The number of phenols is 1. The molecule has 1 aliphatic rings. The molecule has 1 saturated carbocycles. The largest absolute Gasteiger partial charge is 0.505 e. The van der Waals surface area contributed by atoms with Gasteiger partial charge in [-0.15, -0.1) is 0 Å². The molecule has 0 unspecified atom stereocenters. The van der Waals surface area contributed by atoms with Crippen LogP contribution in [0.3, 0.4) is 0 Å². The summed E-state index contributed by atoms with van der Waals surface area (Å²) in [6.07, 6.45) is 3.14. The molecule has 3 aromatic rings. The fourth-order valence-electron chi connectivity index (χ4n) is 4.33. The molecule has 0 saturated heterocycles. The van der Waals surface area contributed by atoms with Gasteiger partial charge in [-0.2, -0.15) is 0 Å². The minimum atomic E-state index is -1.12. The summed E-state index contributed by atoms with van der Waals surface area (Å²) in [5.41, 5.74) is 0.494. The number of nitrogens with zero attached hydrogens (tertiary/aromatic N) is 1. The number of aromatic hydroxyl groups is 1. The van der Waals surface area contributed by atoms with E-state index < -0.39 is 35.2 Å². The van der Waals surface area contributed by atoms with Crippen LogP contribution in [0.15, 0.2) is 30.3 Å². The van der Waals surface area contributed by atoms with Gasteiger partial charge in [-0.05, 0) is 55.2 Å². The fraction of sp³-hybridized carbons (Fsp3) is 0.304. The zero-order valence-electron chi connectivity index (χ0n) is 16.7. The number of phenolic OH excluding ortho intramolecular Hbond substituents is 1. The standard InChI is InChI=1S/C23H20ClF2NO4/c1-11-19(14(23(30)31)9-12-3-2-4-12)20-17(7-8-18(28)21(20)26)27(11)22(29)13-5-6-15(24)16(25)10-13/h5-8,10,12,14,28H,2-4,9H2,1H3,(H,30,31)/t14-/m0/s1. The maximum atomic E-state index is 15.0. The number of carbonyl (C=O) groups is 2. The Balaban J connectivity index is 1.95. The van der Waals surface area contributed by atoms with Gasteiger partial charge in [-0.3, -0.25) is 14.2 Å². The molecule has 0 amide bonds. The van der Waals surface area contributed by atoms with Gasteiger partial charge in [0.15, 0.2) is 11.6 Å². The van der Waals surface area contributed by atoms with Gasteiger partial charge in [0.2, 0.25) is 0 Å². The molecule has 162 valence electrons. The van der Waals surface area contributed by atoms with E-state index in [9.17, 15) is 24.2 Å². The topological polar surface area (TPSA) is 79.5 Å². The van der Waals surface area contributed by atoms with Crippen LogP contribution < -0.4 is 0 Å². The number of carbonyl (C=O) groups excluding carboxylic acids is 1. The number of fused-ring (bicyclic) bond motifs is 1. The zero-order valence-corrected chi connectivity index (χ0v) is 17.4. The highest BCUT2D eigenvalue weighted by atomic mass is 35.5. The van der Waals surface area contributed by atoms with Gasteiger partial charge in [0.05, 0.1) is 16.5 Å². The Kier molecular flexibility index (Phi) is 5.47. The number of rotatable bonds is 5. The molecule has 2 aromatic carbocycles. The van der Waals surface area contributed by atoms with Crippen molar-refractivity contribution in [3.8, 4) is 5.75 Å². The number of hydrogen-bond acceptors (Lipinski definition) is 3. The van der Waals surface area contributed by atoms with E-state index in [1.807, 2.05) is 0 Å². The van der Waals surface area contributed by atoms with E-state index in [0.29, 0.717) is 6.42 Å². The average Bonchev–Trinajstić information content (AvgIpc) is 2.98. The van der Waals surface area contributed by atoms with Crippen LogP contribution in [0.25, 0.3) is 10.9 Å². The highest BCUT2D eigenvalue weighted by Gasteiger charge is 2.34. The van der Waals surface area contributed by atoms with E-state index in [0.717, 1.165) is 31.4 Å². The molecule has 0 aliphatic heterocycles. The molecule has 1 aromatic heterocycles. The highest BCUT2D eigenvalue weighted by molar-refractivity contribution is 6.30. The second-order valence-corrected chi connectivity index (χ2v) is 8.39. The van der Waals surface area contributed by atoms with Crippen molar-refractivity contribution in [3.05, 3.63) is 63.8 Å². The van der Waals surface area contributed by atoms with E-state index in [1.54, 1.807) is 0 Å². The van der Waals surface area contributed by atoms with Crippen LogP contribution in [-0.2, 0) is 4.79 Å². The number of hydrogen-bond donors (Lipinski definition) is 2. The molecule has 0 bridgehead atoms. The van der Waals surface area contributed by atoms with Gasteiger partial charge in [-0.1, -0.05) is 30.9 Å². The summed E-state index contributed by atoms with van der Waals surface area (Å²) in [5.74, 6) is -5.00. The summed E-state index contributed by atoms with van der Waals surface area (Å²) < 4.78 is 30.2. The molecule has 4 rings (SSSR count).